The van der Waals surface area contributed by atoms with Crippen LogP contribution in [0.5, 0.6) is 0 Å². The molecular weight excluding hydrogens is 411 g/mol. The van der Waals surface area contributed by atoms with Gasteiger partial charge in [0.2, 0.25) is 0 Å². The van der Waals surface area contributed by atoms with Crippen molar-refractivity contribution in [1.82, 2.24) is 0 Å². The third-order valence-electron chi connectivity index (χ3n) is 4.67. The molecule has 2 rings (SSSR count). The Hall–Kier alpha value is -0.790. The number of hydrogen-bond acceptors (Lipinski definition) is 5. The highest BCUT2D eigenvalue weighted by molar-refractivity contribution is 7.86. The van der Waals surface area contributed by atoms with E-state index in [2.05, 4.69) is 11.3 Å². The first kappa shape index (κ1) is 28.2. The fourth-order valence-corrected chi connectivity index (χ4v) is 4.10. The standard InChI is InChI=1S/C9H12OS.C8H17FO3S.C5H10/c1-7(2)9(10)6-8-4-3-5-11-8;1-2-3-4-5-6-7-8-13(10,11)12-9;1-2-4-5-3-1/h3-5,7H,6H2,1-2H3;2-8H2,1H3;1-5H2. The summed E-state index contributed by atoms with van der Waals surface area (Å²) in [5, 5.41) is 2.00. The first-order valence-corrected chi connectivity index (χ1v) is 13.4. The molecule has 0 unspecified atom stereocenters. The van der Waals surface area contributed by atoms with Crippen molar-refractivity contribution in [3.63, 3.8) is 0 Å². The smallest absolute Gasteiger partial charge is 0.297 e. The summed E-state index contributed by atoms with van der Waals surface area (Å²) in [5.41, 5.74) is 0. The Morgan fingerprint density at radius 2 is 1.62 bits per heavy atom. The van der Waals surface area contributed by atoms with Gasteiger partial charge in [-0.15, -0.1) is 11.3 Å². The van der Waals surface area contributed by atoms with E-state index in [0.717, 1.165) is 25.7 Å². The molecular formula is C22H39FO4S2. The van der Waals surface area contributed by atoms with Crippen LogP contribution in [0.15, 0.2) is 17.5 Å². The molecule has 0 amide bonds. The average molecular weight is 451 g/mol. The number of hydrogen-bond donors (Lipinski definition) is 0. The summed E-state index contributed by atoms with van der Waals surface area (Å²) in [6, 6.07) is 3.98. The van der Waals surface area contributed by atoms with Gasteiger partial charge in [0.15, 0.2) is 0 Å². The molecule has 0 saturated heterocycles. The number of ketones is 1. The van der Waals surface area contributed by atoms with E-state index >= 15 is 0 Å². The average Bonchev–Trinajstić information content (AvgIpc) is 3.41. The van der Waals surface area contributed by atoms with Gasteiger partial charge in [0.1, 0.15) is 5.78 Å². The second-order valence-corrected chi connectivity index (χ2v) is 10.4. The summed E-state index contributed by atoms with van der Waals surface area (Å²) >= 11 is 1.65. The molecule has 0 radical (unpaired) electrons. The Morgan fingerprint density at radius 3 is 2.07 bits per heavy atom. The lowest BCUT2D eigenvalue weighted by molar-refractivity contribution is -0.121. The van der Waals surface area contributed by atoms with E-state index in [1.54, 1.807) is 11.3 Å². The Labute approximate surface area is 181 Å². The predicted octanol–water partition coefficient (Wildman–Crippen LogP) is 7.04. The summed E-state index contributed by atoms with van der Waals surface area (Å²) in [4.78, 5) is 12.4. The lowest BCUT2D eigenvalue weighted by Crippen LogP contribution is -2.08. The lowest BCUT2D eigenvalue weighted by atomic mass is 10.1. The molecule has 0 N–H and O–H groups in total. The monoisotopic (exact) mass is 450 g/mol. The van der Waals surface area contributed by atoms with Crippen molar-refractivity contribution >= 4 is 27.2 Å². The molecule has 1 heterocycles. The zero-order valence-corrected chi connectivity index (χ0v) is 20.0. The van der Waals surface area contributed by atoms with Gasteiger partial charge in [-0.3, -0.25) is 4.79 Å². The van der Waals surface area contributed by atoms with Gasteiger partial charge in [-0.05, 0) is 22.4 Å². The Balaban J connectivity index is 0.000000439. The molecule has 1 aromatic rings. The quantitative estimate of drug-likeness (QED) is 0.339. The van der Waals surface area contributed by atoms with Gasteiger partial charge in [-0.2, -0.15) is 8.42 Å². The van der Waals surface area contributed by atoms with Crippen molar-refractivity contribution in [2.24, 2.45) is 5.92 Å². The normalized spacial score (nSPS) is 13.4. The number of rotatable bonds is 11. The SMILES string of the molecule is C1CCCC1.CC(C)C(=O)Cc1cccs1.CCCCCCCCS(=O)(=O)OF. The third kappa shape index (κ3) is 17.8. The molecule has 0 bridgehead atoms. The molecule has 170 valence electrons. The maximum absolute atomic E-state index is 11.3. The van der Waals surface area contributed by atoms with Crippen LogP contribution in [0.25, 0.3) is 0 Å². The van der Waals surface area contributed by atoms with E-state index in [4.69, 9.17) is 0 Å². The summed E-state index contributed by atoms with van der Waals surface area (Å²) in [7, 11) is -3.88. The van der Waals surface area contributed by atoms with Crippen molar-refractivity contribution in [2.75, 3.05) is 5.75 Å². The Kier molecular flexibility index (Phi) is 17.5. The predicted molar refractivity (Wildman–Crippen MR) is 120 cm³/mol. The van der Waals surface area contributed by atoms with Crippen molar-refractivity contribution in [3.8, 4) is 0 Å². The fraction of sp³-hybridized carbons (Fsp3) is 0.773. The highest BCUT2D eigenvalue weighted by atomic mass is 32.2. The minimum Gasteiger partial charge on any atom is -0.299 e. The minimum atomic E-state index is -3.88. The molecule has 4 nitrogen and oxygen atoms in total. The zero-order chi connectivity index (χ0) is 22.0. The zero-order valence-electron chi connectivity index (χ0n) is 18.3. The highest BCUT2D eigenvalue weighted by Gasteiger charge is 2.10. The van der Waals surface area contributed by atoms with Gasteiger partial charge >= 0.3 is 0 Å². The molecule has 0 atom stereocenters. The molecule has 7 heteroatoms. The maximum atomic E-state index is 11.3. The van der Waals surface area contributed by atoms with Crippen LogP contribution in [0, 0.1) is 5.92 Å². The maximum Gasteiger partial charge on any atom is 0.297 e. The van der Waals surface area contributed by atoms with Crippen LogP contribution in [0.3, 0.4) is 0 Å². The molecule has 0 spiro atoms. The summed E-state index contributed by atoms with van der Waals surface area (Å²) in [6.45, 7) is 5.99. The van der Waals surface area contributed by atoms with Crippen molar-refractivity contribution in [2.45, 2.75) is 97.8 Å². The van der Waals surface area contributed by atoms with Crippen molar-refractivity contribution in [1.29, 1.82) is 0 Å². The number of carbonyl (C=O) groups excluding carboxylic acids is 1. The van der Waals surface area contributed by atoms with E-state index in [9.17, 15) is 17.7 Å². The first-order chi connectivity index (χ1) is 13.8. The molecule has 0 aromatic carbocycles. The van der Waals surface area contributed by atoms with Gasteiger partial charge in [-0.25, -0.2) is 0 Å². The third-order valence-corrected chi connectivity index (χ3v) is 6.52. The Bertz CT molecular complexity index is 587. The Morgan fingerprint density at radius 1 is 1.07 bits per heavy atom. The van der Waals surface area contributed by atoms with Crippen LogP contribution in [0.4, 0.5) is 4.53 Å². The molecule has 1 saturated carbocycles. The van der Waals surface area contributed by atoms with Gasteiger partial charge in [0, 0.05) is 17.2 Å². The van der Waals surface area contributed by atoms with Crippen molar-refractivity contribution in [3.05, 3.63) is 22.4 Å². The van der Waals surface area contributed by atoms with Crippen LogP contribution in [0.1, 0.15) is 96.3 Å². The van der Waals surface area contributed by atoms with Gasteiger partial charge in [0.05, 0.1) is 5.75 Å². The number of carbonyl (C=O) groups is 1. The second kappa shape index (κ2) is 18.0. The summed E-state index contributed by atoms with van der Waals surface area (Å²) in [6.07, 6.45) is 13.9. The van der Waals surface area contributed by atoms with E-state index < -0.39 is 10.1 Å². The van der Waals surface area contributed by atoms with E-state index in [-0.39, 0.29) is 11.7 Å². The molecule has 29 heavy (non-hydrogen) atoms. The molecule has 1 aliphatic rings. The first-order valence-electron chi connectivity index (χ1n) is 10.9. The fourth-order valence-electron chi connectivity index (χ4n) is 2.76. The van der Waals surface area contributed by atoms with Crippen LogP contribution in [-0.4, -0.2) is 20.0 Å². The van der Waals surface area contributed by atoms with Crippen molar-refractivity contribution < 1.29 is 22.1 Å². The summed E-state index contributed by atoms with van der Waals surface area (Å²) < 4.78 is 35.1. The van der Waals surface area contributed by atoms with Crippen LogP contribution >= 0.6 is 11.3 Å². The minimum absolute atomic E-state index is 0.164. The molecule has 0 aliphatic heterocycles. The van der Waals surface area contributed by atoms with E-state index in [1.165, 1.54) is 43.4 Å². The van der Waals surface area contributed by atoms with Gasteiger partial charge in [-0.1, -0.05) is 95.4 Å². The number of halogens is 1. The number of Topliss-reactive ketones (excluding diaryl/α,β-unsaturated/α-hetero) is 1. The molecule has 1 fully saturated rings. The second-order valence-electron chi connectivity index (χ2n) is 7.74. The topological polar surface area (TPSA) is 60.4 Å². The van der Waals surface area contributed by atoms with Crippen LogP contribution < -0.4 is 0 Å². The van der Waals surface area contributed by atoms with Gasteiger partial charge < -0.3 is 0 Å². The number of unbranched alkanes of at least 4 members (excludes halogenated alkanes) is 5. The highest BCUT2D eigenvalue weighted by Crippen LogP contribution is 2.15. The van der Waals surface area contributed by atoms with Crippen LogP contribution in [-0.2, 0) is 25.7 Å². The number of thiophene rings is 1. The molecule has 1 aromatic heterocycles. The summed E-state index contributed by atoms with van der Waals surface area (Å²) in [5.74, 6) is 0.278. The van der Waals surface area contributed by atoms with Gasteiger partial charge in [0.25, 0.3) is 10.1 Å². The lowest BCUT2D eigenvalue weighted by Gasteiger charge is -2.00. The van der Waals surface area contributed by atoms with E-state index in [0.29, 0.717) is 18.6 Å². The largest absolute Gasteiger partial charge is 0.299 e. The van der Waals surface area contributed by atoms with E-state index in [1.807, 2.05) is 31.4 Å². The van der Waals surface area contributed by atoms with Crippen LogP contribution in [0.2, 0.25) is 0 Å². The molecule has 1 aliphatic carbocycles.